The normalized spacial score (nSPS) is 37.4. The van der Waals surface area contributed by atoms with Gasteiger partial charge in [0.05, 0.1) is 25.4 Å². The lowest BCUT2D eigenvalue weighted by molar-refractivity contribution is -0.301. The second kappa shape index (κ2) is 15.6. The fourth-order valence-electron chi connectivity index (χ4n) is 4.62. The van der Waals surface area contributed by atoms with Gasteiger partial charge in [0.1, 0.15) is 48.5 Å². The number of aliphatic hydroxyl groups is 7. The maximum atomic E-state index is 11.2. The van der Waals surface area contributed by atoms with Crippen LogP contribution < -0.4 is 0 Å². The minimum Gasteiger partial charge on any atom is -0.394 e. The Balaban J connectivity index is 1.84. The molecule has 2 rings (SSSR count). The minimum absolute atomic E-state index is 0.153. The Morgan fingerprint density at radius 1 is 0.778 bits per heavy atom. The molecule has 7 N–H and O–H groups in total. The van der Waals surface area contributed by atoms with Crippen LogP contribution in [0.5, 0.6) is 0 Å². The molecule has 212 valence electrons. The lowest BCUT2D eigenvalue weighted by Crippen LogP contribution is -2.59. The molecule has 0 aromatic rings. The molecule has 10 atom stereocenters. The first kappa shape index (κ1) is 31.4. The number of nitrogens with zero attached hydrogens (tertiary/aromatic N) is 1. The van der Waals surface area contributed by atoms with Crippen LogP contribution in [0.25, 0.3) is 0 Å². The van der Waals surface area contributed by atoms with Gasteiger partial charge in [0.2, 0.25) is 0 Å². The van der Waals surface area contributed by atoms with Crippen molar-refractivity contribution >= 4 is 5.78 Å². The van der Waals surface area contributed by atoms with Gasteiger partial charge in [-0.1, -0.05) is 6.42 Å². The molecular weight excluding hydrogens is 478 g/mol. The zero-order valence-corrected chi connectivity index (χ0v) is 21.3. The van der Waals surface area contributed by atoms with Crippen LogP contribution in [0.15, 0.2) is 0 Å². The Bertz CT molecular complexity index is 639. The summed E-state index contributed by atoms with van der Waals surface area (Å²) in [5.74, 6) is 0.160. The Morgan fingerprint density at radius 2 is 1.42 bits per heavy atom. The molecule has 0 aromatic carbocycles. The summed E-state index contributed by atoms with van der Waals surface area (Å²) >= 11 is 0. The molecule has 2 aliphatic rings. The van der Waals surface area contributed by atoms with Crippen molar-refractivity contribution < 1.29 is 54.8 Å². The molecule has 0 aliphatic carbocycles. The molecule has 0 radical (unpaired) electrons. The molecule has 0 spiro atoms. The van der Waals surface area contributed by atoms with Gasteiger partial charge in [0.25, 0.3) is 0 Å². The molecular formula is C24H45NO11. The number of Topliss-reactive ketones (excluding diaryl/α,β-unsaturated/α-hetero) is 1. The van der Waals surface area contributed by atoms with E-state index in [1.807, 2.05) is 0 Å². The number of unbranched alkanes of at least 4 members (excludes halogenated alkanes) is 2. The van der Waals surface area contributed by atoms with Crippen LogP contribution in [0.4, 0.5) is 0 Å². The van der Waals surface area contributed by atoms with Crippen molar-refractivity contribution in [2.75, 3.05) is 32.8 Å². The summed E-state index contributed by atoms with van der Waals surface area (Å²) in [6.45, 7) is 4.66. The van der Waals surface area contributed by atoms with E-state index in [-0.39, 0.29) is 12.4 Å². The van der Waals surface area contributed by atoms with Crippen LogP contribution in [-0.4, -0.2) is 141 Å². The van der Waals surface area contributed by atoms with E-state index in [0.717, 1.165) is 25.8 Å². The summed E-state index contributed by atoms with van der Waals surface area (Å²) in [4.78, 5) is 13.3. The number of hydrogen-bond acceptors (Lipinski definition) is 12. The maximum absolute atomic E-state index is 11.2. The molecule has 2 aliphatic heterocycles. The van der Waals surface area contributed by atoms with Crippen molar-refractivity contribution in [3.8, 4) is 0 Å². The van der Waals surface area contributed by atoms with Gasteiger partial charge in [-0.25, -0.2) is 0 Å². The highest BCUT2D eigenvalue weighted by molar-refractivity contribution is 5.75. The van der Waals surface area contributed by atoms with E-state index in [4.69, 9.17) is 14.2 Å². The standard InChI is InChI=1S/C24H45NO11/c1-14(27)7-4-3-5-9-25(10-6-8-16-19(29)21(31)18(28)15(2)35-16)11-12-34-24-23(33)22(32)20(30)17(13-26)36-24/h15-24,26,28-33H,3-13H2,1-2H3/t15-,16-,17+,18+,19+,20+,21+,22-,23+,24+/m0/s1. The summed E-state index contributed by atoms with van der Waals surface area (Å²) in [5.41, 5.74) is 0. The first-order chi connectivity index (χ1) is 17.1. The van der Waals surface area contributed by atoms with Gasteiger partial charge in [0, 0.05) is 13.0 Å². The summed E-state index contributed by atoms with van der Waals surface area (Å²) in [7, 11) is 0. The van der Waals surface area contributed by atoms with E-state index in [1.54, 1.807) is 13.8 Å². The van der Waals surface area contributed by atoms with Crippen molar-refractivity contribution in [2.45, 2.75) is 114 Å². The molecule has 2 saturated heterocycles. The summed E-state index contributed by atoms with van der Waals surface area (Å²) in [5, 5.41) is 69.4. The maximum Gasteiger partial charge on any atom is 0.186 e. The second-order valence-electron chi connectivity index (χ2n) is 9.92. The Morgan fingerprint density at radius 3 is 2.08 bits per heavy atom. The lowest BCUT2D eigenvalue weighted by atomic mass is 9.93. The lowest BCUT2D eigenvalue weighted by Gasteiger charge is -2.40. The molecule has 36 heavy (non-hydrogen) atoms. The topological polar surface area (TPSA) is 190 Å². The van der Waals surface area contributed by atoms with E-state index in [2.05, 4.69) is 4.90 Å². The molecule has 0 unspecified atom stereocenters. The monoisotopic (exact) mass is 523 g/mol. The fraction of sp³-hybridized carbons (Fsp3) is 0.958. The van der Waals surface area contributed by atoms with Gasteiger partial charge in [-0.2, -0.15) is 0 Å². The smallest absolute Gasteiger partial charge is 0.186 e. The van der Waals surface area contributed by atoms with Gasteiger partial charge < -0.3 is 59.7 Å². The van der Waals surface area contributed by atoms with Crippen molar-refractivity contribution in [3.05, 3.63) is 0 Å². The van der Waals surface area contributed by atoms with E-state index >= 15 is 0 Å². The highest BCUT2D eigenvalue weighted by Crippen LogP contribution is 2.24. The molecule has 12 nitrogen and oxygen atoms in total. The zero-order valence-electron chi connectivity index (χ0n) is 21.3. The highest BCUT2D eigenvalue weighted by Gasteiger charge is 2.44. The number of rotatable bonds is 15. The van der Waals surface area contributed by atoms with E-state index in [0.29, 0.717) is 32.4 Å². The Labute approximate surface area is 212 Å². The fourth-order valence-corrected chi connectivity index (χ4v) is 4.62. The van der Waals surface area contributed by atoms with E-state index < -0.39 is 67.8 Å². The minimum atomic E-state index is -1.50. The first-order valence-electron chi connectivity index (χ1n) is 12.9. The molecule has 2 fully saturated rings. The van der Waals surface area contributed by atoms with Crippen LogP contribution in [0.1, 0.15) is 52.4 Å². The predicted molar refractivity (Wildman–Crippen MR) is 127 cm³/mol. The van der Waals surface area contributed by atoms with Crippen LogP contribution in [0.3, 0.4) is 0 Å². The number of hydrogen-bond donors (Lipinski definition) is 7. The predicted octanol–water partition coefficient (Wildman–Crippen LogP) is -2.10. The Hall–Kier alpha value is -0.770. The van der Waals surface area contributed by atoms with Gasteiger partial charge in [0.15, 0.2) is 6.29 Å². The van der Waals surface area contributed by atoms with Crippen molar-refractivity contribution in [2.24, 2.45) is 0 Å². The molecule has 0 bridgehead atoms. The average molecular weight is 524 g/mol. The third kappa shape index (κ3) is 9.21. The molecule has 0 amide bonds. The van der Waals surface area contributed by atoms with E-state index in [1.165, 1.54) is 0 Å². The van der Waals surface area contributed by atoms with Crippen LogP contribution in [0, 0.1) is 0 Å². The summed E-state index contributed by atoms with van der Waals surface area (Å²) in [6.07, 6.45) is -7.18. The van der Waals surface area contributed by atoms with Gasteiger partial charge >= 0.3 is 0 Å². The first-order valence-corrected chi connectivity index (χ1v) is 12.9. The third-order valence-corrected chi connectivity index (χ3v) is 6.96. The van der Waals surface area contributed by atoms with Gasteiger partial charge in [-0.15, -0.1) is 0 Å². The highest BCUT2D eigenvalue weighted by atomic mass is 16.7. The van der Waals surface area contributed by atoms with Gasteiger partial charge in [-0.05, 0) is 52.6 Å². The zero-order chi connectivity index (χ0) is 26.8. The van der Waals surface area contributed by atoms with Crippen molar-refractivity contribution in [1.29, 1.82) is 0 Å². The molecule has 2 heterocycles. The number of ketones is 1. The SMILES string of the molecule is CC(=O)CCCCCN(CCC[C@@H]1O[C@@H](C)[C@@H](O)[C@@H](O)[C@@H]1O)CCO[C@@H]1O[C@H](CO)[C@@H](O)[C@H](O)[C@H]1O. The van der Waals surface area contributed by atoms with E-state index in [9.17, 15) is 40.5 Å². The quantitative estimate of drug-likeness (QED) is 0.116. The number of carbonyl (C=O) groups excluding carboxylic acids is 1. The van der Waals surface area contributed by atoms with Gasteiger partial charge in [-0.3, -0.25) is 0 Å². The summed E-state index contributed by atoms with van der Waals surface area (Å²) < 4.78 is 16.7. The Kier molecular flexibility index (Phi) is 13.6. The van der Waals surface area contributed by atoms with Crippen LogP contribution in [0.2, 0.25) is 0 Å². The number of ether oxygens (including phenoxy) is 3. The van der Waals surface area contributed by atoms with Crippen molar-refractivity contribution in [3.63, 3.8) is 0 Å². The van der Waals surface area contributed by atoms with Crippen molar-refractivity contribution in [1.82, 2.24) is 4.90 Å². The molecule has 0 saturated carbocycles. The summed E-state index contributed by atoms with van der Waals surface area (Å²) in [6, 6.07) is 0. The second-order valence-corrected chi connectivity index (χ2v) is 9.92. The average Bonchev–Trinajstić information content (AvgIpc) is 2.84. The van der Waals surface area contributed by atoms with Crippen LogP contribution in [-0.2, 0) is 19.0 Å². The molecule has 12 heteroatoms. The third-order valence-electron chi connectivity index (χ3n) is 6.96. The molecule has 0 aromatic heterocycles. The number of carbonyl (C=O) groups is 1. The largest absolute Gasteiger partial charge is 0.394 e. The van der Waals surface area contributed by atoms with Crippen LogP contribution >= 0.6 is 0 Å². The number of aliphatic hydroxyl groups excluding tert-OH is 7.